The van der Waals surface area contributed by atoms with E-state index in [9.17, 15) is 13.6 Å². The van der Waals surface area contributed by atoms with E-state index in [-0.39, 0.29) is 23.5 Å². The van der Waals surface area contributed by atoms with E-state index in [1.807, 2.05) is 23.1 Å². The first kappa shape index (κ1) is 22.9. The number of nitrogens with one attached hydrogen (secondary N) is 1. The largest absolute Gasteiger partial charge is 0.338 e. The molecule has 176 valence electrons. The molecule has 2 atom stereocenters. The summed E-state index contributed by atoms with van der Waals surface area (Å²) in [4.78, 5) is 33.2. The van der Waals surface area contributed by atoms with Crippen molar-refractivity contribution in [2.24, 2.45) is 10.9 Å². The number of hydrogen-bond acceptors (Lipinski definition) is 8. The van der Waals surface area contributed by atoms with Gasteiger partial charge in [0.1, 0.15) is 16.9 Å². The normalized spacial score (nSPS) is 22.3. The molecule has 11 heteroatoms. The Bertz CT molecular complexity index is 1230. The number of amides is 1. The zero-order valence-corrected chi connectivity index (χ0v) is 20.2. The van der Waals surface area contributed by atoms with Crippen molar-refractivity contribution in [2.45, 2.75) is 25.1 Å². The highest BCUT2D eigenvalue weighted by Crippen LogP contribution is 2.47. The standard InChI is InChI=1S/C23H22F2N6OS2/c1-22(2,25)18-16(24)8-27-20(28-18)31-10-15-11-33-21(29-19(32)14-6-4-3-5-7-14)30-23(15,12-31)17-9-26-13-34-17/h3-9,13,15H,10-12H2,1-2H3,(H,29,30,32)/t15-,23-/m0/s1. The van der Waals surface area contributed by atoms with E-state index in [1.165, 1.54) is 36.9 Å². The van der Waals surface area contributed by atoms with Crippen molar-refractivity contribution in [3.8, 4) is 0 Å². The van der Waals surface area contributed by atoms with Crippen molar-refractivity contribution >= 4 is 40.1 Å². The van der Waals surface area contributed by atoms with Crippen molar-refractivity contribution in [1.82, 2.24) is 20.3 Å². The Morgan fingerprint density at radius 2 is 2.06 bits per heavy atom. The number of alkyl halides is 1. The van der Waals surface area contributed by atoms with Gasteiger partial charge in [-0.1, -0.05) is 30.0 Å². The summed E-state index contributed by atoms with van der Waals surface area (Å²) in [5, 5.41) is 3.47. The molecular weight excluding hydrogens is 478 g/mol. The number of rotatable bonds is 4. The molecule has 1 N–H and O–H groups in total. The topological polar surface area (TPSA) is 83.4 Å². The van der Waals surface area contributed by atoms with Crippen LogP contribution in [0.15, 0.2) is 53.2 Å². The SMILES string of the molecule is CC(C)(F)c1nc(N2C[C@H]3CSC(NC(=O)c4ccccc4)=N[C@@]3(c3cncs3)C2)ncc1F. The Morgan fingerprint density at radius 3 is 2.76 bits per heavy atom. The minimum Gasteiger partial charge on any atom is -0.338 e. The molecule has 0 saturated carbocycles. The third-order valence-corrected chi connectivity index (χ3v) is 7.94. The number of fused-ring (bicyclic) bond motifs is 1. The third kappa shape index (κ3) is 4.18. The van der Waals surface area contributed by atoms with Gasteiger partial charge in [-0.05, 0) is 26.0 Å². The number of aliphatic imine (C=N–C) groups is 1. The highest BCUT2D eigenvalue weighted by atomic mass is 32.2. The number of thiazole rings is 1. The van der Waals surface area contributed by atoms with Gasteiger partial charge >= 0.3 is 0 Å². The lowest BCUT2D eigenvalue weighted by molar-refractivity contribution is 0.0977. The fourth-order valence-corrected chi connectivity index (χ4v) is 6.25. The van der Waals surface area contributed by atoms with E-state index in [1.54, 1.807) is 23.8 Å². The molecule has 0 unspecified atom stereocenters. The fraction of sp³-hybridized carbons (Fsp3) is 0.348. The number of carbonyl (C=O) groups is 1. The molecular formula is C23H22F2N6OS2. The maximum absolute atomic E-state index is 14.5. The third-order valence-electron chi connectivity index (χ3n) is 5.96. The lowest BCUT2D eigenvalue weighted by atomic mass is 9.87. The van der Waals surface area contributed by atoms with E-state index in [0.29, 0.717) is 29.6 Å². The van der Waals surface area contributed by atoms with Gasteiger partial charge in [0, 0.05) is 30.0 Å². The monoisotopic (exact) mass is 500 g/mol. The first-order chi connectivity index (χ1) is 16.3. The molecule has 7 nitrogen and oxygen atoms in total. The lowest BCUT2D eigenvalue weighted by Gasteiger charge is -2.33. The average molecular weight is 501 g/mol. The van der Waals surface area contributed by atoms with Crippen LogP contribution in [0, 0.1) is 11.7 Å². The second-order valence-electron chi connectivity index (χ2n) is 8.75. The molecule has 2 aromatic heterocycles. The minimum atomic E-state index is -1.94. The predicted molar refractivity (Wildman–Crippen MR) is 129 cm³/mol. The molecule has 3 aromatic rings. The molecule has 0 spiro atoms. The molecule has 1 saturated heterocycles. The van der Waals surface area contributed by atoms with Crippen LogP contribution in [0.3, 0.4) is 0 Å². The molecule has 34 heavy (non-hydrogen) atoms. The number of carbonyl (C=O) groups excluding carboxylic acids is 1. The molecule has 4 heterocycles. The van der Waals surface area contributed by atoms with Crippen LogP contribution in [0.2, 0.25) is 0 Å². The average Bonchev–Trinajstić information content (AvgIpc) is 3.48. The Kier molecular flexibility index (Phi) is 5.85. The van der Waals surface area contributed by atoms with E-state index in [4.69, 9.17) is 4.99 Å². The molecule has 0 radical (unpaired) electrons. The zero-order chi connectivity index (χ0) is 23.9. The number of benzene rings is 1. The molecule has 2 aliphatic rings. The van der Waals surface area contributed by atoms with Crippen LogP contribution in [0.1, 0.15) is 34.8 Å². The maximum atomic E-state index is 14.5. The van der Waals surface area contributed by atoms with Crippen LogP contribution >= 0.6 is 23.1 Å². The van der Waals surface area contributed by atoms with Gasteiger partial charge in [0.05, 0.1) is 23.1 Å². The van der Waals surface area contributed by atoms with Gasteiger partial charge in [-0.25, -0.2) is 23.7 Å². The maximum Gasteiger partial charge on any atom is 0.257 e. The minimum absolute atomic E-state index is 0.0748. The smallest absolute Gasteiger partial charge is 0.257 e. The molecule has 1 fully saturated rings. The summed E-state index contributed by atoms with van der Waals surface area (Å²) in [5.41, 5.74) is -0.579. The van der Waals surface area contributed by atoms with Crippen molar-refractivity contribution in [3.63, 3.8) is 0 Å². The number of nitrogens with zero attached hydrogens (tertiary/aromatic N) is 5. The number of anilines is 1. The van der Waals surface area contributed by atoms with Gasteiger partial charge < -0.3 is 10.2 Å². The first-order valence-electron chi connectivity index (χ1n) is 10.7. The second kappa shape index (κ2) is 8.70. The van der Waals surface area contributed by atoms with Crippen molar-refractivity contribution in [2.75, 3.05) is 23.7 Å². The van der Waals surface area contributed by atoms with E-state index >= 15 is 0 Å². The number of halogens is 2. The van der Waals surface area contributed by atoms with Gasteiger partial charge in [-0.15, -0.1) is 11.3 Å². The Hall–Kier alpha value is -2.92. The highest BCUT2D eigenvalue weighted by molar-refractivity contribution is 8.13. The van der Waals surface area contributed by atoms with Crippen molar-refractivity contribution in [1.29, 1.82) is 0 Å². The predicted octanol–water partition coefficient (Wildman–Crippen LogP) is 4.14. The Morgan fingerprint density at radius 1 is 1.26 bits per heavy atom. The molecule has 2 aliphatic heterocycles. The summed E-state index contributed by atoms with van der Waals surface area (Å²) < 4.78 is 28.7. The molecule has 1 aromatic carbocycles. The van der Waals surface area contributed by atoms with Gasteiger partial charge in [-0.2, -0.15) is 0 Å². The summed E-state index contributed by atoms with van der Waals surface area (Å²) in [6, 6.07) is 8.97. The van der Waals surface area contributed by atoms with Crippen molar-refractivity contribution < 1.29 is 13.6 Å². The number of amidine groups is 1. The number of hydrogen-bond donors (Lipinski definition) is 1. The Balaban J connectivity index is 1.48. The summed E-state index contributed by atoms with van der Waals surface area (Å²) >= 11 is 2.97. The fourth-order valence-electron chi connectivity index (χ4n) is 4.28. The van der Waals surface area contributed by atoms with Gasteiger partial charge in [0.25, 0.3) is 5.91 Å². The van der Waals surface area contributed by atoms with Crippen LogP contribution < -0.4 is 10.2 Å². The second-order valence-corrected chi connectivity index (χ2v) is 10.6. The van der Waals surface area contributed by atoms with E-state index in [2.05, 4.69) is 20.3 Å². The first-order valence-corrected chi connectivity index (χ1v) is 12.6. The summed E-state index contributed by atoms with van der Waals surface area (Å²) in [6.45, 7) is 3.51. The van der Waals surface area contributed by atoms with Gasteiger partial charge in [-0.3, -0.25) is 9.78 Å². The molecule has 0 aliphatic carbocycles. The zero-order valence-electron chi connectivity index (χ0n) is 18.5. The lowest BCUT2D eigenvalue weighted by Crippen LogP contribution is -2.42. The van der Waals surface area contributed by atoms with Gasteiger partial charge in [0.2, 0.25) is 5.95 Å². The van der Waals surface area contributed by atoms with Gasteiger partial charge in [0.15, 0.2) is 11.0 Å². The molecule has 5 rings (SSSR count). The van der Waals surface area contributed by atoms with Crippen LogP contribution in [0.5, 0.6) is 0 Å². The van der Waals surface area contributed by atoms with Crippen LogP contribution in [0.4, 0.5) is 14.7 Å². The van der Waals surface area contributed by atoms with Crippen molar-refractivity contribution in [3.05, 3.63) is 70.2 Å². The molecule has 0 bridgehead atoms. The number of thioether (sulfide) groups is 1. The van der Waals surface area contributed by atoms with Crippen LogP contribution in [0.25, 0.3) is 0 Å². The van der Waals surface area contributed by atoms with E-state index in [0.717, 1.165) is 11.1 Å². The summed E-state index contributed by atoms with van der Waals surface area (Å²) in [7, 11) is 0. The molecule has 1 amide bonds. The van der Waals surface area contributed by atoms with Crippen LogP contribution in [-0.2, 0) is 11.2 Å². The number of aromatic nitrogens is 3. The van der Waals surface area contributed by atoms with E-state index < -0.39 is 17.0 Å². The van der Waals surface area contributed by atoms with Crippen LogP contribution in [-0.4, -0.2) is 44.9 Å². The summed E-state index contributed by atoms with van der Waals surface area (Å²) in [6.07, 6.45) is 2.81. The summed E-state index contributed by atoms with van der Waals surface area (Å²) in [5.74, 6) is 0.0347. The quantitative estimate of drug-likeness (QED) is 0.580. The highest BCUT2D eigenvalue weighted by Gasteiger charge is 2.52. The Labute approximate surface area is 203 Å².